The third kappa shape index (κ3) is 4.60. The number of unbranched alkanes of at least 4 members (excludes halogenated alkanes) is 1. The molecule has 1 amide bonds. The third-order valence-electron chi connectivity index (χ3n) is 3.20. The van der Waals surface area contributed by atoms with Crippen LogP contribution < -0.4 is 5.32 Å². The van der Waals surface area contributed by atoms with Crippen molar-refractivity contribution in [3.63, 3.8) is 0 Å². The SMILES string of the molecule is CCCCOC(=O)c1ccc(NC(=O)C(C)(O)C(F)(F)F)cc1O. The highest BCUT2D eigenvalue weighted by atomic mass is 19.4. The average molecular weight is 349 g/mol. The van der Waals surface area contributed by atoms with E-state index >= 15 is 0 Å². The molecule has 1 rings (SSSR count). The van der Waals surface area contributed by atoms with Crippen LogP contribution in [0.5, 0.6) is 5.75 Å². The van der Waals surface area contributed by atoms with Crippen LogP contribution in [0.3, 0.4) is 0 Å². The minimum atomic E-state index is -5.16. The molecule has 0 saturated carbocycles. The number of hydrogen-bond donors (Lipinski definition) is 3. The third-order valence-corrected chi connectivity index (χ3v) is 3.20. The average Bonchev–Trinajstić information content (AvgIpc) is 2.46. The molecule has 1 aromatic carbocycles. The highest BCUT2D eigenvalue weighted by Gasteiger charge is 2.55. The van der Waals surface area contributed by atoms with E-state index in [0.29, 0.717) is 13.3 Å². The summed E-state index contributed by atoms with van der Waals surface area (Å²) in [6.07, 6.45) is -3.71. The van der Waals surface area contributed by atoms with Crippen molar-refractivity contribution in [3.8, 4) is 5.75 Å². The van der Waals surface area contributed by atoms with Gasteiger partial charge < -0.3 is 20.3 Å². The van der Waals surface area contributed by atoms with Crippen LogP contribution >= 0.6 is 0 Å². The topological polar surface area (TPSA) is 95.9 Å². The molecule has 0 aliphatic rings. The predicted molar refractivity (Wildman–Crippen MR) is 78.6 cm³/mol. The number of anilines is 1. The van der Waals surface area contributed by atoms with Crippen molar-refractivity contribution in [3.05, 3.63) is 23.8 Å². The van der Waals surface area contributed by atoms with Crippen LogP contribution in [0.4, 0.5) is 18.9 Å². The number of amides is 1. The van der Waals surface area contributed by atoms with Gasteiger partial charge in [-0.1, -0.05) is 13.3 Å². The Morgan fingerprint density at radius 3 is 2.42 bits per heavy atom. The molecule has 1 unspecified atom stereocenters. The summed E-state index contributed by atoms with van der Waals surface area (Å²) in [4.78, 5) is 23.2. The van der Waals surface area contributed by atoms with Crippen molar-refractivity contribution in [1.29, 1.82) is 0 Å². The van der Waals surface area contributed by atoms with Gasteiger partial charge in [0.25, 0.3) is 5.91 Å². The minimum absolute atomic E-state index is 0.168. The van der Waals surface area contributed by atoms with Crippen molar-refractivity contribution < 1.29 is 37.7 Å². The van der Waals surface area contributed by atoms with Gasteiger partial charge in [-0.2, -0.15) is 13.2 Å². The van der Waals surface area contributed by atoms with E-state index in [9.17, 15) is 33.0 Å². The number of alkyl halides is 3. The van der Waals surface area contributed by atoms with E-state index in [1.807, 2.05) is 12.2 Å². The lowest BCUT2D eigenvalue weighted by atomic mass is 10.1. The van der Waals surface area contributed by atoms with E-state index in [-0.39, 0.29) is 17.9 Å². The quantitative estimate of drug-likeness (QED) is 0.542. The zero-order chi connectivity index (χ0) is 18.5. The number of carbonyl (C=O) groups is 2. The van der Waals surface area contributed by atoms with Gasteiger partial charge in [-0.05, 0) is 25.5 Å². The molecule has 0 saturated heterocycles. The maximum atomic E-state index is 12.6. The number of benzene rings is 1. The fourth-order valence-electron chi connectivity index (χ4n) is 1.55. The first-order valence-electron chi connectivity index (χ1n) is 7.11. The molecule has 6 nitrogen and oxygen atoms in total. The van der Waals surface area contributed by atoms with Gasteiger partial charge >= 0.3 is 12.1 Å². The Labute approximate surface area is 136 Å². The van der Waals surface area contributed by atoms with E-state index in [2.05, 4.69) is 0 Å². The number of halogens is 3. The summed E-state index contributed by atoms with van der Waals surface area (Å²) in [6.45, 7) is 2.38. The molecule has 0 aliphatic heterocycles. The van der Waals surface area contributed by atoms with Gasteiger partial charge in [0, 0.05) is 11.8 Å². The lowest BCUT2D eigenvalue weighted by molar-refractivity contribution is -0.242. The Bertz CT molecular complexity index is 614. The molecule has 0 aromatic heterocycles. The number of aromatic hydroxyl groups is 1. The molecular formula is C15H18F3NO5. The number of hydrogen-bond acceptors (Lipinski definition) is 5. The molecule has 24 heavy (non-hydrogen) atoms. The lowest BCUT2D eigenvalue weighted by Gasteiger charge is -2.24. The van der Waals surface area contributed by atoms with Crippen LogP contribution in [-0.2, 0) is 9.53 Å². The first kappa shape index (κ1) is 19.8. The summed E-state index contributed by atoms with van der Waals surface area (Å²) in [6, 6.07) is 3.10. The van der Waals surface area contributed by atoms with E-state index in [1.165, 1.54) is 0 Å². The molecule has 0 bridgehead atoms. The fourth-order valence-corrected chi connectivity index (χ4v) is 1.55. The van der Waals surface area contributed by atoms with Crippen molar-refractivity contribution in [2.75, 3.05) is 11.9 Å². The number of carbonyl (C=O) groups excluding carboxylic acids is 2. The highest BCUT2D eigenvalue weighted by Crippen LogP contribution is 2.31. The Hall–Kier alpha value is -2.29. The summed E-state index contributed by atoms with van der Waals surface area (Å²) in [7, 11) is 0. The number of esters is 1. The summed E-state index contributed by atoms with van der Waals surface area (Å²) in [5.41, 5.74) is -4.00. The maximum Gasteiger partial charge on any atom is 0.426 e. The van der Waals surface area contributed by atoms with Gasteiger partial charge in [0.1, 0.15) is 11.3 Å². The molecule has 0 fully saturated rings. The van der Waals surface area contributed by atoms with Crippen LogP contribution in [0.25, 0.3) is 0 Å². The number of phenolic OH excluding ortho intramolecular Hbond substituents is 1. The fraction of sp³-hybridized carbons (Fsp3) is 0.467. The maximum absolute atomic E-state index is 12.6. The molecular weight excluding hydrogens is 331 g/mol. The number of phenols is 1. The van der Waals surface area contributed by atoms with E-state index in [4.69, 9.17) is 4.74 Å². The number of ether oxygens (including phenoxy) is 1. The Kier molecular flexibility index (Phi) is 6.19. The normalized spacial score (nSPS) is 13.9. The van der Waals surface area contributed by atoms with Crippen LogP contribution in [0, 0.1) is 0 Å². The zero-order valence-corrected chi connectivity index (χ0v) is 13.1. The monoisotopic (exact) mass is 349 g/mol. The van der Waals surface area contributed by atoms with Crippen LogP contribution in [-0.4, -0.2) is 40.5 Å². The summed E-state index contributed by atoms with van der Waals surface area (Å²) in [5, 5.41) is 20.8. The molecule has 134 valence electrons. The van der Waals surface area contributed by atoms with Gasteiger partial charge in [0.05, 0.1) is 6.61 Å². The first-order valence-corrected chi connectivity index (χ1v) is 7.11. The second-order valence-corrected chi connectivity index (χ2v) is 5.25. The van der Waals surface area contributed by atoms with Gasteiger partial charge in [-0.25, -0.2) is 4.79 Å². The number of nitrogens with one attached hydrogen (secondary N) is 1. The standard InChI is InChI=1S/C15H18F3NO5/c1-3-4-7-24-12(21)10-6-5-9(8-11(10)20)19-13(22)14(2,23)15(16,17)18/h5-6,8,20,23H,3-4,7H2,1-2H3,(H,19,22). The van der Waals surface area contributed by atoms with E-state index in [0.717, 1.165) is 24.6 Å². The second kappa shape index (κ2) is 7.52. The number of rotatable bonds is 6. The second-order valence-electron chi connectivity index (χ2n) is 5.25. The van der Waals surface area contributed by atoms with Gasteiger partial charge in [0.15, 0.2) is 0 Å². The summed E-state index contributed by atoms with van der Waals surface area (Å²) >= 11 is 0. The molecule has 1 aromatic rings. The number of aliphatic hydroxyl groups is 1. The van der Waals surface area contributed by atoms with Crippen LogP contribution in [0.2, 0.25) is 0 Å². The molecule has 3 N–H and O–H groups in total. The Balaban J connectivity index is 2.85. The van der Waals surface area contributed by atoms with Gasteiger partial charge in [-0.15, -0.1) is 0 Å². The Morgan fingerprint density at radius 2 is 1.92 bits per heavy atom. The van der Waals surface area contributed by atoms with Crippen molar-refractivity contribution in [1.82, 2.24) is 0 Å². The summed E-state index contributed by atoms with van der Waals surface area (Å²) < 4.78 is 42.6. The van der Waals surface area contributed by atoms with Gasteiger partial charge in [0.2, 0.25) is 5.60 Å². The molecule has 0 aliphatic carbocycles. The van der Waals surface area contributed by atoms with Crippen molar-refractivity contribution in [2.45, 2.75) is 38.5 Å². The van der Waals surface area contributed by atoms with E-state index < -0.39 is 29.4 Å². The van der Waals surface area contributed by atoms with Crippen molar-refractivity contribution >= 4 is 17.6 Å². The largest absolute Gasteiger partial charge is 0.507 e. The van der Waals surface area contributed by atoms with Crippen LogP contribution in [0.15, 0.2) is 18.2 Å². The van der Waals surface area contributed by atoms with Crippen LogP contribution in [0.1, 0.15) is 37.0 Å². The molecule has 0 spiro atoms. The summed E-state index contributed by atoms with van der Waals surface area (Å²) in [5.74, 6) is -3.07. The molecule has 1 atom stereocenters. The molecule has 0 heterocycles. The highest BCUT2D eigenvalue weighted by molar-refractivity contribution is 5.99. The van der Waals surface area contributed by atoms with E-state index in [1.54, 1.807) is 0 Å². The predicted octanol–water partition coefficient (Wildman–Crippen LogP) is 2.60. The van der Waals surface area contributed by atoms with Crippen molar-refractivity contribution in [2.24, 2.45) is 0 Å². The smallest absolute Gasteiger partial charge is 0.426 e. The first-order chi connectivity index (χ1) is 11.0. The molecule has 9 heteroatoms. The minimum Gasteiger partial charge on any atom is -0.507 e. The van der Waals surface area contributed by atoms with Gasteiger partial charge in [-0.3, -0.25) is 4.79 Å². The zero-order valence-electron chi connectivity index (χ0n) is 13.1. The lowest BCUT2D eigenvalue weighted by Crippen LogP contribution is -2.52. The molecule has 0 radical (unpaired) electrons. The Morgan fingerprint density at radius 1 is 1.29 bits per heavy atom.